The summed E-state index contributed by atoms with van der Waals surface area (Å²) in [6, 6.07) is 17.2. The van der Waals surface area contributed by atoms with Crippen molar-refractivity contribution >= 4 is 44.1 Å². The molecule has 1 nitrogen and oxygen atoms in total. The number of benzene rings is 3. The number of hydrogen-bond acceptors (Lipinski definition) is 1. The lowest BCUT2D eigenvalue weighted by Crippen LogP contribution is -2.05. The molecule has 21 heavy (non-hydrogen) atoms. The Morgan fingerprint density at radius 2 is 1.81 bits per heavy atom. The van der Waals surface area contributed by atoms with Gasteiger partial charge < -0.3 is 0 Å². The molecule has 0 aliphatic heterocycles. The van der Waals surface area contributed by atoms with Gasteiger partial charge in [-0.2, -0.15) is 0 Å². The van der Waals surface area contributed by atoms with Gasteiger partial charge in [-0.05, 0) is 41.5 Å². The first-order valence-electron chi connectivity index (χ1n) is 6.55. The van der Waals surface area contributed by atoms with Crippen molar-refractivity contribution in [1.29, 1.82) is 0 Å². The Hall–Kier alpha value is -1.64. The number of fused-ring (bicyclic) bond motifs is 1. The molecule has 0 radical (unpaired) electrons. The summed E-state index contributed by atoms with van der Waals surface area (Å²) >= 11 is 9.44. The van der Waals surface area contributed by atoms with E-state index in [1.807, 2.05) is 43.3 Å². The van der Waals surface area contributed by atoms with Crippen LogP contribution in [0.15, 0.2) is 59.1 Å². The smallest absolute Gasteiger partial charge is 0.194 e. The van der Waals surface area contributed by atoms with Gasteiger partial charge in [-0.25, -0.2) is 0 Å². The molecule has 104 valence electrons. The minimum absolute atomic E-state index is 0.00694. The van der Waals surface area contributed by atoms with Crippen molar-refractivity contribution in [3.8, 4) is 0 Å². The average molecular weight is 360 g/mol. The molecule has 0 amide bonds. The third kappa shape index (κ3) is 2.74. The molecule has 0 aliphatic carbocycles. The highest BCUT2D eigenvalue weighted by Crippen LogP contribution is 2.27. The van der Waals surface area contributed by atoms with Crippen LogP contribution in [0.3, 0.4) is 0 Å². The molecule has 0 aromatic heterocycles. The van der Waals surface area contributed by atoms with Gasteiger partial charge in [0.05, 0.1) is 0 Å². The van der Waals surface area contributed by atoms with Gasteiger partial charge in [0.2, 0.25) is 0 Å². The molecule has 0 atom stereocenters. The van der Waals surface area contributed by atoms with Crippen molar-refractivity contribution < 1.29 is 4.79 Å². The van der Waals surface area contributed by atoms with E-state index in [-0.39, 0.29) is 5.78 Å². The second-order valence-electron chi connectivity index (χ2n) is 4.97. The quantitative estimate of drug-likeness (QED) is 0.529. The highest BCUT2D eigenvalue weighted by Gasteiger charge is 2.16. The summed E-state index contributed by atoms with van der Waals surface area (Å²) in [5.41, 5.74) is 2.30. The Bertz CT molecular complexity index is 835. The van der Waals surface area contributed by atoms with Crippen LogP contribution in [0.5, 0.6) is 0 Å². The highest BCUT2D eigenvalue weighted by molar-refractivity contribution is 9.10. The van der Waals surface area contributed by atoms with Crippen LogP contribution in [-0.2, 0) is 0 Å². The highest BCUT2D eigenvalue weighted by atomic mass is 79.9. The van der Waals surface area contributed by atoms with Crippen LogP contribution in [-0.4, -0.2) is 5.78 Å². The third-order valence-corrected chi connectivity index (χ3v) is 4.17. The third-order valence-electron chi connectivity index (χ3n) is 3.49. The number of carbonyl (C=O) groups is 1. The molecule has 0 saturated heterocycles. The van der Waals surface area contributed by atoms with Crippen LogP contribution < -0.4 is 0 Å². The molecule has 3 aromatic rings. The molecular formula is C18H12BrClO. The Balaban J connectivity index is 2.24. The Morgan fingerprint density at radius 1 is 1.05 bits per heavy atom. The second-order valence-corrected chi connectivity index (χ2v) is 6.32. The summed E-state index contributed by atoms with van der Waals surface area (Å²) < 4.78 is 0.802. The molecule has 0 spiro atoms. The van der Waals surface area contributed by atoms with E-state index in [2.05, 4.69) is 15.9 Å². The van der Waals surface area contributed by atoms with E-state index in [0.717, 1.165) is 26.4 Å². The number of aryl methyl sites for hydroxylation is 1. The lowest BCUT2D eigenvalue weighted by atomic mass is 9.93. The predicted octanol–water partition coefficient (Wildman–Crippen LogP) is 5.80. The van der Waals surface area contributed by atoms with Gasteiger partial charge in [0.25, 0.3) is 0 Å². The van der Waals surface area contributed by atoms with E-state index in [1.165, 1.54) is 0 Å². The molecule has 0 saturated carbocycles. The lowest BCUT2D eigenvalue weighted by Gasteiger charge is -2.10. The van der Waals surface area contributed by atoms with Gasteiger partial charge in [-0.3, -0.25) is 4.79 Å². The van der Waals surface area contributed by atoms with E-state index in [1.54, 1.807) is 18.2 Å². The number of carbonyl (C=O) groups excluding carboxylic acids is 1. The first kappa shape index (κ1) is 14.3. The molecule has 0 heterocycles. The first-order valence-corrected chi connectivity index (χ1v) is 7.72. The van der Waals surface area contributed by atoms with E-state index < -0.39 is 0 Å². The van der Waals surface area contributed by atoms with Gasteiger partial charge in [0.1, 0.15) is 0 Å². The minimum atomic E-state index is -0.00694. The van der Waals surface area contributed by atoms with Crippen molar-refractivity contribution in [1.82, 2.24) is 0 Å². The zero-order chi connectivity index (χ0) is 15.0. The molecule has 3 heteroatoms. The van der Waals surface area contributed by atoms with Gasteiger partial charge in [-0.1, -0.05) is 63.9 Å². The second kappa shape index (κ2) is 5.63. The van der Waals surface area contributed by atoms with Crippen LogP contribution >= 0.6 is 27.5 Å². The summed E-state index contributed by atoms with van der Waals surface area (Å²) in [7, 11) is 0. The fraction of sp³-hybridized carbons (Fsp3) is 0.0556. The minimum Gasteiger partial charge on any atom is -0.289 e. The number of ketones is 1. The monoisotopic (exact) mass is 358 g/mol. The fourth-order valence-electron chi connectivity index (χ4n) is 2.51. The maximum atomic E-state index is 12.9. The number of hydrogen-bond donors (Lipinski definition) is 0. The van der Waals surface area contributed by atoms with Crippen molar-refractivity contribution in [2.45, 2.75) is 6.92 Å². The number of rotatable bonds is 2. The SMILES string of the molecule is Cc1ccc2ccccc2c1C(=O)c1cc(Cl)cc(Br)c1. The molecule has 0 aliphatic rings. The standard InChI is InChI=1S/C18H12BrClO/c1-11-6-7-12-4-2-3-5-16(12)17(11)18(21)13-8-14(19)10-15(20)9-13/h2-10H,1H3. The predicted molar refractivity (Wildman–Crippen MR) is 91.3 cm³/mol. The van der Waals surface area contributed by atoms with E-state index in [4.69, 9.17) is 11.6 Å². The zero-order valence-electron chi connectivity index (χ0n) is 11.4. The van der Waals surface area contributed by atoms with Crippen molar-refractivity contribution in [3.63, 3.8) is 0 Å². The Morgan fingerprint density at radius 3 is 2.57 bits per heavy atom. The summed E-state index contributed by atoms with van der Waals surface area (Å²) in [5, 5.41) is 2.58. The average Bonchev–Trinajstić information content (AvgIpc) is 2.45. The van der Waals surface area contributed by atoms with Crippen LogP contribution in [0.1, 0.15) is 21.5 Å². The Kier molecular flexibility index (Phi) is 3.83. The van der Waals surface area contributed by atoms with Gasteiger partial charge in [0.15, 0.2) is 5.78 Å². The fourth-order valence-corrected chi connectivity index (χ4v) is 3.37. The lowest BCUT2D eigenvalue weighted by molar-refractivity contribution is 0.103. The first-order chi connectivity index (χ1) is 10.1. The summed E-state index contributed by atoms with van der Waals surface area (Å²) in [6.07, 6.45) is 0. The molecule has 3 aromatic carbocycles. The molecule has 0 unspecified atom stereocenters. The Labute approximate surface area is 136 Å². The summed E-state index contributed by atoms with van der Waals surface area (Å²) in [6.45, 7) is 1.96. The topological polar surface area (TPSA) is 17.1 Å². The van der Waals surface area contributed by atoms with Crippen molar-refractivity contribution in [2.75, 3.05) is 0 Å². The van der Waals surface area contributed by atoms with Crippen LogP contribution in [0.25, 0.3) is 10.8 Å². The normalized spacial score (nSPS) is 10.8. The maximum absolute atomic E-state index is 12.9. The van der Waals surface area contributed by atoms with Crippen LogP contribution in [0.2, 0.25) is 5.02 Å². The van der Waals surface area contributed by atoms with E-state index in [0.29, 0.717) is 10.6 Å². The molecular weight excluding hydrogens is 348 g/mol. The van der Waals surface area contributed by atoms with Gasteiger partial charge >= 0.3 is 0 Å². The molecule has 0 fully saturated rings. The zero-order valence-corrected chi connectivity index (χ0v) is 13.7. The van der Waals surface area contributed by atoms with Crippen molar-refractivity contribution in [2.24, 2.45) is 0 Å². The van der Waals surface area contributed by atoms with Crippen molar-refractivity contribution in [3.05, 3.63) is 80.8 Å². The largest absolute Gasteiger partial charge is 0.289 e. The van der Waals surface area contributed by atoms with Crippen LogP contribution in [0.4, 0.5) is 0 Å². The van der Waals surface area contributed by atoms with E-state index in [9.17, 15) is 4.79 Å². The molecule has 0 N–H and O–H groups in total. The van der Waals surface area contributed by atoms with Gasteiger partial charge in [0, 0.05) is 20.6 Å². The van der Waals surface area contributed by atoms with Crippen LogP contribution in [0, 0.1) is 6.92 Å². The maximum Gasteiger partial charge on any atom is 0.194 e. The van der Waals surface area contributed by atoms with E-state index >= 15 is 0 Å². The summed E-state index contributed by atoms with van der Waals surface area (Å²) in [5.74, 6) is -0.00694. The summed E-state index contributed by atoms with van der Waals surface area (Å²) in [4.78, 5) is 12.9. The molecule has 3 rings (SSSR count). The molecule has 0 bridgehead atoms. The van der Waals surface area contributed by atoms with Gasteiger partial charge in [-0.15, -0.1) is 0 Å². The number of halogens is 2.